The molecule has 2 aromatic carbocycles. The first-order chi connectivity index (χ1) is 15.9. The number of aryl methyl sites for hydroxylation is 1. The number of hydrogen-bond acceptors (Lipinski definition) is 3. The molecule has 0 aliphatic heterocycles. The van der Waals surface area contributed by atoms with E-state index in [9.17, 15) is 14.0 Å². The fourth-order valence-corrected chi connectivity index (χ4v) is 4.15. The number of amides is 2. The highest BCUT2D eigenvalue weighted by Crippen LogP contribution is 2.19. The smallest absolute Gasteiger partial charge is 0.242 e. The number of nitrogens with one attached hydrogen (secondary N) is 1. The van der Waals surface area contributed by atoms with Gasteiger partial charge in [0.15, 0.2) is 0 Å². The number of carbonyl (C=O) groups excluding carboxylic acids is 2. The average molecular weight is 455 g/mol. The average Bonchev–Trinajstić information content (AvgIpc) is 2.82. The van der Waals surface area contributed by atoms with Crippen LogP contribution in [0.4, 0.5) is 4.39 Å². The number of hydrogen-bond donors (Lipinski definition) is 1. The summed E-state index contributed by atoms with van der Waals surface area (Å²) in [5.41, 5.74) is 1.56. The first kappa shape index (κ1) is 24.7. The van der Waals surface area contributed by atoms with Crippen molar-refractivity contribution in [2.45, 2.75) is 77.4 Å². The fraction of sp³-hybridized carbons (Fsp3) is 0.481. The number of ether oxygens (including phenoxy) is 1. The Morgan fingerprint density at radius 2 is 1.79 bits per heavy atom. The van der Waals surface area contributed by atoms with Crippen LogP contribution in [0.25, 0.3) is 0 Å². The summed E-state index contributed by atoms with van der Waals surface area (Å²) in [4.78, 5) is 27.6. The molecule has 1 fully saturated rings. The largest absolute Gasteiger partial charge is 0.494 e. The monoisotopic (exact) mass is 454 g/mol. The molecule has 0 unspecified atom stereocenters. The highest BCUT2D eigenvalue weighted by atomic mass is 19.1. The quantitative estimate of drug-likeness (QED) is 0.505. The molecule has 2 aromatic rings. The van der Waals surface area contributed by atoms with Crippen molar-refractivity contribution < 1.29 is 18.7 Å². The molecule has 3 rings (SSSR count). The highest BCUT2D eigenvalue weighted by Gasteiger charge is 2.28. The van der Waals surface area contributed by atoms with E-state index in [1.807, 2.05) is 31.2 Å². The molecule has 0 radical (unpaired) electrons. The molecule has 0 saturated heterocycles. The van der Waals surface area contributed by atoms with Gasteiger partial charge in [0.05, 0.1) is 6.61 Å². The number of halogens is 1. The zero-order chi connectivity index (χ0) is 23.6. The van der Waals surface area contributed by atoms with Crippen LogP contribution in [0, 0.1) is 12.7 Å². The maximum Gasteiger partial charge on any atom is 0.242 e. The Bertz CT molecular complexity index is 910. The van der Waals surface area contributed by atoms with Crippen LogP contribution in [-0.4, -0.2) is 35.4 Å². The number of nitrogens with zero attached hydrogens (tertiary/aromatic N) is 1. The molecule has 1 atom stereocenters. The van der Waals surface area contributed by atoms with Crippen LogP contribution in [0.3, 0.4) is 0 Å². The lowest BCUT2D eigenvalue weighted by Crippen LogP contribution is -2.50. The van der Waals surface area contributed by atoms with Gasteiger partial charge in [-0.3, -0.25) is 9.59 Å². The van der Waals surface area contributed by atoms with Crippen LogP contribution in [0.1, 0.15) is 63.0 Å². The predicted molar refractivity (Wildman–Crippen MR) is 127 cm³/mol. The van der Waals surface area contributed by atoms with Crippen LogP contribution >= 0.6 is 0 Å². The third-order valence-electron chi connectivity index (χ3n) is 6.24. The third-order valence-corrected chi connectivity index (χ3v) is 6.24. The van der Waals surface area contributed by atoms with Gasteiger partial charge in [0.2, 0.25) is 11.8 Å². The van der Waals surface area contributed by atoms with Gasteiger partial charge in [-0.25, -0.2) is 4.39 Å². The van der Waals surface area contributed by atoms with E-state index in [-0.39, 0.29) is 36.6 Å². The lowest BCUT2D eigenvalue weighted by atomic mass is 9.95. The lowest BCUT2D eigenvalue weighted by Gasteiger charge is -2.31. The number of carbonyl (C=O) groups is 2. The molecule has 1 aliphatic carbocycles. The first-order valence-electron chi connectivity index (χ1n) is 12.0. The first-order valence-corrected chi connectivity index (χ1v) is 12.0. The molecule has 33 heavy (non-hydrogen) atoms. The summed E-state index contributed by atoms with van der Waals surface area (Å²) in [6.45, 7) is 4.19. The molecule has 0 spiro atoms. The van der Waals surface area contributed by atoms with Gasteiger partial charge in [-0.05, 0) is 51.3 Å². The Hall–Kier alpha value is -2.89. The van der Waals surface area contributed by atoms with Crippen molar-refractivity contribution in [2.75, 3.05) is 6.61 Å². The van der Waals surface area contributed by atoms with E-state index in [1.165, 1.54) is 17.4 Å². The summed E-state index contributed by atoms with van der Waals surface area (Å²) >= 11 is 0. The number of rotatable bonds is 10. The summed E-state index contributed by atoms with van der Waals surface area (Å²) in [5, 5.41) is 3.10. The second kappa shape index (κ2) is 12.4. The molecule has 5 nitrogen and oxygen atoms in total. The molecular formula is C27H35FN2O3. The Kier molecular flexibility index (Phi) is 9.28. The topological polar surface area (TPSA) is 58.6 Å². The van der Waals surface area contributed by atoms with Crippen molar-refractivity contribution in [2.24, 2.45) is 0 Å². The van der Waals surface area contributed by atoms with Gasteiger partial charge in [-0.15, -0.1) is 0 Å². The zero-order valence-corrected chi connectivity index (χ0v) is 19.7. The van der Waals surface area contributed by atoms with Crippen LogP contribution in [-0.2, 0) is 16.1 Å². The number of benzene rings is 2. The normalized spacial score (nSPS) is 15.0. The van der Waals surface area contributed by atoms with Gasteiger partial charge in [-0.1, -0.05) is 55.2 Å². The summed E-state index contributed by atoms with van der Waals surface area (Å²) < 4.78 is 20.0. The van der Waals surface area contributed by atoms with E-state index in [0.717, 1.165) is 37.0 Å². The van der Waals surface area contributed by atoms with Crippen LogP contribution in [0.5, 0.6) is 5.75 Å². The Morgan fingerprint density at radius 3 is 2.48 bits per heavy atom. The standard InChI is InChI=1S/C27H35FN2O3/c1-20-14-16-24(17-15-20)33-18-8-13-26(31)30(19-22-9-6-7-12-25(22)28)21(2)27(32)29-23-10-4-3-5-11-23/h6-7,9,12,14-17,21,23H,3-5,8,10-11,13,18-19H2,1-2H3,(H,29,32)/t21-/m0/s1. The van der Waals surface area contributed by atoms with E-state index in [0.29, 0.717) is 18.6 Å². The SMILES string of the molecule is Cc1ccc(OCCCC(=O)N(Cc2ccccc2F)[C@@H](C)C(=O)NC2CCCCC2)cc1. The van der Waals surface area contributed by atoms with Gasteiger partial charge in [0, 0.05) is 24.6 Å². The third kappa shape index (κ3) is 7.58. The van der Waals surface area contributed by atoms with Crippen molar-refractivity contribution in [3.8, 4) is 5.75 Å². The van der Waals surface area contributed by atoms with Gasteiger partial charge in [0.25, 0.3) is 0 Å². The summed E-state index contributed by atoms with van der Waals surface area (Å²) in [7, 11) is 0. The van der Waals surface area contributed by atoms with Crippen molar-refractivity contribution in [1.82, 2.24) is 10.2 Å². The molecule has 0 aromatic heterocycles. The van der Waals surface area contributed by atoms with E-state index < -0.39 is 6.04 Å². The highest BCUT2D eigenvalue weighted by molar-refractivity contribution is 5.87. The van der Waals surface area contributed by atoms with Crippen molar-refractivity contribution in [1.29, 1.82) is 0 Å². The Morgan fingerprint density at radius 1 is 1.09 bits per heavy atom. The Labute approximate surface area is 196 Å². The maximum absolute atomic E-state index is 14.3. The van der Waals surface area contributed by atoms with E-state index in [1.54, 1.807) is 25.1 Å². The minimum absolute atomic E-state index is 0.0591. The minimum Gasteiger partial charge on any atom is -0.494 e. The van der Waals surface area contributed by atoms with Crippen LogP contribution in [0.2, 0.25) is 0 Å². The van der Waals surface area contributed by atoms with Crippen molar-refractivity contribution in [3.63, 3.8) is 0 Å². The van der Waals surface area contributed by atoms with Crippen LogP contribution in [0.15, 0.2) is 48.5 Å². The molecule has 178 valence electrons. The molecule has 2 amide bonds. The summed E-state index contributed by atoms with van der Waals surface area (Å²) in [6.07, 6.45) is 6.09. The van der Waals surface area contributed by atoms with E-state index in [2.05, 4.69) is 5.32 Å². The molecule has 1 saturated carbocycles. The van der Waals surface area contributed by atoms with Crippen LogP contribution < -0.4 is 10.1 Å². The second-order valence-corrected chi connectivity index (χ2v) is 8.90. The van der Waals surface area contributed by atoms with Crippen molar-refractivity contribution in [3.05, 3.63) is 65.5 Å². The Balaban J connectivity index is 1.60. The fourth-order valence-electron chi connectivity index (χ4n) is 4.15. The maximum atomic E-state index is 14.3. The van der Waals surface area contributed by atoms with Gasteiger partial charge >= 0.3 is 0 Å². The molecular weight excluding hydrogens is 419 g/mol. The molecule has 0 heterocycles. The second-order valence-electron chi connectivity index (χ2n) is 8.90. The summed E-state index contributed by atoms with van der Waals surface area (Å²) in [5.74, 6) is 0.0222. The van der Waals surface area contributed by atoms with Crippen molar-refractivity contribution >= 4 is 11.8 Å². The van der Waals surface area contributed by atoms with Gasteiger partial charge < -0.3 is 15.0 Å². The zero-order valence-electron chi connectivity index (χ0n) is 19.7. The minimum atomic E-state index is -0.683. The van der Waals surface area contributed by atoms with Gasteiger partial charge in [0.1, 0.15) is 17.6 Å². The lowest BCUT2D eigenvalue weighted by molar-refractivity contribution is -0.141. The summed E-state index contributed by atoms with van der Waals surface area (Å²) in [6, 6.07) is 13.6. The molecule has 6 heteroatoms. The molecule has 0 bridgehead atoms. The van der Waals surface area contributed by atoms with Gasteiger partial charge in [-0.2, -0.15) is 0 Å². The van der Waals surface area contributed by atoms with E-state index >= 15 is 0 Å². The van der Waals surface area contributed by atoms with E-state index in [4.69, 9.17) is 4.74 Å². The molecule has 1 N–H and O–H groups in total. The predicted octanol–water partition coefficient (Wildman–Crippen LogP) is 5.16. The molecule has 1 aliphatic rings.